The summed E-state index contributed by atoms with van der Waals surface area (Å²) in [4.78, 5) is 23.6. The lowest BCUT2D eigenvalue weighted by Gasteiger charge is -2.44. The molecule has 0 aromatic rings. The Morgan fingerprint density at radius 3 is 2.21 bits per heavy atom. The van der Waals surface area contributed by atoms with Crippen LogP contribution < -0.4 is 0 Å². The van der Waals surface area contributed by atoms with Crippen molar-refractivity contribution in [3.05, 3.63) is 48.6 Å². The van der Waals surface area contributed by atoms with Crippen molar-refractivity contribution in [2.75, 3.05) is 6.61 Å². The number of ether oxygens (including phenoxy) is 2. The highest BCUT2D eigenvalue weighted by Gasteiger charge is 2.47. The summed E-state index contributed by atoms with van der Waals surface area (Å²) < 4.78 is 10.6. The van der Waals surface area contributed by atoms with Gasteiger partial charge in [0, 0.05) is 12.2 Å². The van der Waals surface area contributed by atoms with Crippen molar-refractivity contribution in [3.8, 4) is 0 Å². The van der Waals surface area contributed by atoms with E-state index >= 15 is 0 Å². The second-order valence-corrected chi connectivity index (χ2v) is 7.46. The van der Waals surface area contributed by atoms with E-state index in [1.54, 1.807) is 50.3 Å². The minimum absolute atomic E-state index is 0.175. The summed E-state index contributed by atoms with van der Waals surface area (Å²) in [6.07, 6.45) is 12.9. The number of aliphatic hydroxyl groups excluding tert-OH is 1. The van der Waals surface area contributed by atoms with E-state index < -0.39 is 29.2 Å². The summed E-state index contributed by atoms with van der Waals surface area (Å²) in [5, 5.41) is 21.3. The molecule has 0 aliphatic heterocycles. The Bertz CT molecular complexity index is 643. The molecule has 28 heavy (non-hydrogen) atoms. The van der Waals surface area contributed by atoms with Crippen LogP contribution in [0, 0.1) is 5.92 Å². The summed E-state index contributed by atoms with van der Waals surface area (Å²) in [5.74, 6) is -1.35. The van der Waals surface area contributed by atoms with E-state index in [4.69, 9.17) is 9.47 Å². The molecule has 0 bridgehead atoms. The third-order valence-electron chi connectivity index (χ3n) is 4.99. The van der Waals surface area contributed by atoms with Gasteiger partial charge in [-0.05, 0) is 52.9 Å². The Hall–Kier alpha value is -2.18. The summed E-state index contributed by atoms with van der Waals surface area (Å²) in [6.45, 7) is 6.77. The first-order valence-electron chi connectivity index (χ1n) is 9.53. The number of carbonyl (C=O) groups is 2. The first-order chi connectivity index (χ1) is 13.1. The van der Waals surface area contributed by atoms with E-state index in [1.807, 2.05) is 13.8 Å². The third-order valence-corrected chi connectivity index (χ3v) is 4.99. The molecule has 156 valence electrons. The number of hydrogen-bond acceptors (Lipinski definition) is 6. The van der Waals surface area contributed by atoms with Gasteiger partial charge in [0.2, 0.25) is 0 Å². The van der Waals surface area contributed by atoms with E-state index in [9.17, 15) is 19.8 Å². The Balaban J connectivity index is 2.63. The minimum Gasteiger partial charge on any atom is -0.459 e. The molecule has 0 radical (unpaired) electrons. The van der Waals surface area contributed by atoms with Crippen LogP contribution in [0.4, 0.5) is 0 Å². The normalized spacial score (nSPS) is 28.2. The van der Waals surface area contributed by atoms with Gasteiger partial charge in [-0.15, -0.1) is 0 Å². The quantitative estimate of drug-likeness (QED) is 0.375. The van der Waals surface area contributed by atoms with Crippen molar-refractivity contribution >= 4 is 11.9 Å². The fraction of sp³-hybridized carbons (Fsp3) is 0.545. The number of rotatable bonds is 8. The second-order valence-electron chi connectivity index (χ2n) is 7.46. The summed E-state index contributed by atoms with van der Waals surface area (Å²) >= 11 is 0. The molecule has 1 saturated carbocycles. The van der Waals surface area contributed by atoms with Gasteiger partial charge < -0.3 is 19.7 Å². The Morgan fingerprint density at radius 2 is 1.68 bits per heavy atom. The highest BCUT2D eigenvalue weighted by atomic mass is 16.6. The average molecular weight is 392 g/mol. The molecule has 0 amide bonds. The fourth-order valence-electron chi connectivity index (χ4n) is 3.09. The molecule has 1 rings (SSSR count). The predicted molar refractivity (Wildman–Crippen MR) is 107 cm³/mol. The molecule has 1 fully saturated rings. The number of allylic oxidation sites excluding steroid dienone is 6. The zero-order valence-electron chi connectivity index (χ0n) is 17.1. The standard InChI is InChI=1S/C22H32O6/c1-5-7-9-11-19(24)27-16-21(3,26)17-13-14-22(4,18(23)15-17)28-20(25)12-10-8-6-2/h5-12,17-18,23,26H,13-16H2,1-4H3/b7-5+,8-6+,11-9+,12-10+. The third kappa shape index (κ3) is 7.44. The molecule has 0 saturated heterocycles. The van der Waals surface area contributed by atoms with Crippen molar-refractivity contribution in [2.24, 2.45) is 5.92 Å². The maximum atomic E-state index is 11.9. The second kappa shape index (κ2) is 11.0. The van der Waals surface area contributed by atoms with E-state index in [0.29, 0.717) is 12.8 Å². The molecule has 0 aromatic carbocycles. The summed E-state index contributed by atoms with van der Waals surface area (Å²) in [7, 11) is 0. The van der Waals surface area contributed by atoms with Crippen LogP contribution >= 0.6 is 0 Å². The van der Waals surface area contributed by atoms with Gasteiger partial charge in [-0.1, -0.05) is 36.5 Å². The smallest absolute Gasteiger partial charge is 0.331 e. The van der Waals surface area contributed by atoms with Crippen LogP contribution in [-0.4, -0.2) is 46.1 Å². The summed E-state index contributed by atoms with van der Waals surface area (Å²) in [5.41, 5.74) is -2.31. The number of esters is 2. The van der Waals surface area contributed by atoms with E-state index in [0.717, 1.165) is 0 Å². The van der Waals surface area contributed by atoms with Gasteiger partial charge >= 0.3 is 11.9 Å². The van der Waals surface area contributed by atoms with Crippen molar-refractivity contribution in [3.63, 3.8) is 0 Å². The molecule has 6 nitrogen and oxygen atoms in total. The van der Waals surface area contributed by atoms with Gasteiger partial charge in [0.05, 0.1) is 11.7 Å². The number of hydrogen-bond donors (Lipinski definition) is 2. The van der Waals surface area contributed by atoms with Gasteiger partial charge in [0.1, 0.15) is 12.2 Å². The van der Waals surface area contributed by atoms with Crippen molar-refractivity contribution in [1.29, 1.82) is 0 Å². The minimum atomic E-state index is -1.29. The Labute approximate surface area is 167 Å². The molecule has 0 heterocycles. The maximum Gasteiger partial charge on any atom is 0.331 e. The first-order valence-corrected chi connectivity index (χ1v) is 9.53. The van der Waals surface area contributed by atoms with Gasteiger partial charge in [-0.3, -0.25) is 0 Å². The number of aliphatic hydroxyl groups is 2. The molecular weight excluding hydrogens is 360 g/mol. The molecular formula is C22H32O6. The van der Waals surface area contributed by atoms with Crippen LogP contribution in [0.2, 0.25) is 0 Å². The average Bonchev–Trinajstić information content (AvgIpc) is 2.63. The van der Waals surface area contributed by atoms with Crippen LogP contribution in [-0.2, 0) is 19.1 Å². The summed E-state index contributed by atoms with van der Waals surface area (Å²) in [6, 6.07) is 0. The monoisotopic (exact) mass is 392 g/mol. The topological polar surface area (TPSA) is 93.1 Å². The van der Waals surface area contributed by atoms with Crippen LogP contribution in [0.5, 0.6) is 0 Å². The molecule has 2 N–H and O–H groups in total. The molecule has 6 heteroatoms. The zero-order valence-corrected chi connectivity index (χ0v) is 17.1. The lowest BCUT2D eigenvalue weighted by molar-refractivity contribution is -0.183. The van der Waals surface area contributed by atoms with Gasteiger partial charge in [-0.25, -0.2) is 9.59 Å². The van der Waals surface area contributed by atoms with Crippen molar-refractivity contribution in [2.45, 2.75) is 64.3 Å². The van der Waals surface area contributed by atoms with Crippen LogP contribution in [0.1, 0.15) is 47.0 Å². The van der Waals surface area contributed by atoms with Gasteiger partial charge in [-0.2, -0.15) is 0 Å². The van der Waals surface area contributed by atoms with Crippen LogP contribution in [0.3, 0.4) is 0 Å². The largest absolute Gasteiger partial charge is 0.459 e. The van der Waals surface area contributed by atoms with Crippen LogP contribution in [0.25, 0.3) is 0 Å². The van der Waals surface area contributed by atoms with Gasteiger partial charge in [0.25, 0.3) is 0 Å². The maximum absolute atomic E-state index is 11.9. The van der Waals surface area contributed by atoms with Crippen molar-refractivity contribution < 1.29 is 29.3 Å². The molecule has 4 unspecified atom stereocenters. The first kappa shape index (κ1) is 23.9. The lowest BCUT2D eigenvalue weighted by Crippen LogP contribution is -2.53. The Morgan fingerprint density at radius 1 is 1.11 bits per heavy atom. The SMILES string of the molecule is C/C=C/C=C/C(=O)OCC(C)(O)C1CCC(C)(OC(=O)/C=C/C=C/C)C(O)C1. The van der Waals surface area contributed by atoms with E-state index in [-0.39, 0.29) is 18.9 Å². The molecule has 1 aliphatic rings. The lowest BCUT2D eigenvalue weighted by atomic mass is 9.71. The van der Waals surface area contributed by atoms with E-state index in [2.05, 4.69) is 0 Å². The highest BCUT2D eigenvalue weighted by Crippen LogP contribution is 2.40. The fourth-order valence-corrected chi connectivity index (χ4v) is 3.09. The van der Waals surface area contributed by atoms with Gasteiger partial charge in [0.15, 0.2) is 0 Å². The molecule has 0 aromatic heterocycles. The molecule has 0 spiro atoms. The Kier molecular flexibility index (Phi) is 9.35. The molecule has 4 atom stereocenters. The molecule has 1 aliphatic carbocycles. The zero-order chi connectivity index (χ0) is 21.2. The van der Waals surface area contributed by atoms with Crippen LogP contribution in [0.15, 0.2) is 48.6 Å². The number of carbonyl (C=O) groups excluding carboxylic acids is 2. The van der Waals surface area contributed by atoms with E-state index in [1.165, 1.54) is 12.2 Å². The highest BCUT2D eigenvalue weighted by molar-refractivity contribution is 5.83. The predicted octanol–water partition coefficient (Wildman–Crippen LogP) is 3.01. The van der Waals surface area contributed by atoms with Crippen molar-refractivity contribution in [1.82, 2.24) is 0 Å².